The zero-order valence-electron chi connectivity index (χ0n) is 11.6. The minimum atomic E-state index is -0.549. The number of primary amides is 1. The molecule has 3 rings (SSSR count). The average Bonchev–Trinajstić information content (AvgIpc) is 3.23. The fourth-order valence-electron chi connectivity index (χ4n) is 2.92. The van der Waals surface area contributed by atoms with E-state index in [2.05, 4.69) is 5.32 Å². The number of anilines is 1. The van der Waals surface area contributed by atoms with Crippen LogP contribution < -0.4 is 11.1 Å². The molecule has 2 aromatic carbocycles. The number of nitrogens with one attached hydrogen (secondary N) is 1. The number of carbonyl (C=O) groups is 1. The molecule has 1 aliphatic carbocycles. The Morgan fingerprint density at radius 3 is 2.48 bits per heavy atom. The van der Waals surface area contributed by atoms with Gasteiger partial charge in [-0.2, -0.15) is 0 Å². The van der Waals surface area contributed by atoms with Crippen molar-refractivity contribution in [2.45, 2.75) is 11.8 Å². The molecule has 0 aliphatic heterocycles. The predicted molar refractivity (Wildman–Crippen MR) is 85.4 cm³/mol. The first kappa shape index (κ1) is 14.0. The number of para-hydroxylation sites is 1. The van der Waals surface area contributed by atoms with Crippen LogP contribution in [0.15, 0.2) is 54.6 Å². The second kappa shape index (κ2) is 5.41. The van der Waals surface area contributed by atoms with Crippen molar-refractivity contribution in [2.75, 3.05) is 11.9 Å². The third-order valence-electron chi connectivity index (χ3n) is 4.23. The Balaban J connectivity index is 1.74. The van der Waals surface area contributed by atoms with E-state index in [0.29, 0.717) is 5.02 Å². The smallest absolute Gasteiger partial charge is 0.228 e. The van der Waals surface area contributed by atoms with Crippen molar-refractivity contribution in [2.24, 2.45) is 11.7 Å². The topological polar surface area (TPSA) is 55.1 Å². The van der Waals surface area contributed by atoms with Gasteiger partial charge in [-0.25, -0.2) is 0 Å². The minimum absolute atomic E-state index is 0.219. The Labute approximate surface area is 129 Å². The number of hydrogen-bond acceptors (Lipinski definition) is 2. The van der Waals surface area contributed by atoms with Crippen molar-refractivity contribution in [1.82, 2.24) is 0 Å². The largest absolute Gasteiger partial charge is 0.385 e. The first-order chi connectivity index (χ1) is 10.1. The van der Waals surface area contributed by atoms with E-state index in [9.17, 15) is 4.79 Å². The molecule has 0 saturated heterocycles. The van der Waals surface area contributed by atoms with E-state index in [4.69, 9.17) is 17.3 Å². The molecule has 3 nitrogen and oxygen atoms in total. The summed E-state index contributed by atoms with van der Waals surface area (Å²) in [5.74, 6) is -0.0407. The molecule has 0 aromatic heterocycles. The summed E-state index contributed by atoms with van der Waals surface area (Å²) < 4.78 is 0. The SMILES string of the molecule is NC(=O)C1(c2ccc(Cl)cc2)CC1CNc1ccccc1. The maximum atomic E-state index is 12.0. The van der Waals surface area contributed by atoms with E-state index in [1.54, 1.807) is 0 Å². The van der Waals surface area contributed by atoms with Crippen molar-refractivity contribution in [3.63, 3.8) is 0 Å². The molecule has 0 bridgehead atoms. The molecule has 0 spiro atoms. The van der Waals surface area contributed by atoms with Crippen molar-refractivity contribution in [3.8, 4) is 0 Å². The van der Waals surface area contributed by atoms with Crippen LogP contribution in [-0.4, -0.2) is 12.5 Å². The highest BCUT2D eigenvalue weighted by Gasteiger charge is 2.59. The summed E-state index contributed by atoms with van der Waals surface area (Å²) >= 11 is 5.91. The predicted octanol–water partition coefficient (Wildman–Crippen LogP) is 3.20. The second-order valence-electron chi connectivity index (χ2n) is 5.49. The summed E-state index contributed by atoms with van der Waals surface area (Å²) in [5, 5.41) is 4.03. The molecule has 1 amide bonds. The van der Waals surface area contributed by atoms with Gasteiger partial charge in [-0.15, -0.1) is 0 Å². The molecule has 1 aliphatic rings. The van der Waals surface area contributed by atoms with Crippen LogP contribution >= 0.6 is 11.6 Å². The van der Waals surface area contributed by atoms with Gasteiger partial charge in [-0.3, -0.25) is 4.79 Å². The highest BCUT2D eigenvalue weighted by molar-refractivity contribution is 6.30. The Bertz CT molecular complexity index is 642. The summed E-state index contributed by atoms with van der Waals surface area (Å²) in [6.45, 7) is 0.732. The van der Waals surface area contributed by atoms with Crippen molar-refractivity contribution >= 4 is 23.2 Å². The van der Waals surface area contributed by atoms with Gasteiger partial charge in [0.05, 0.1) is 5.41 Å². The maximum Gasteiger partial charge on any atom is 0.228 e. The Kier molecular flexibility index (Phi) is 3.60. The van der Waals surface area contributed by atoms with Crippen LogP contribution in [0.4, 0.5) is 5.69 Å². The van der Waals surface area contributed by atoms with Gasteiger partial charge in [0, 0.05) is 17.3 Å². The zero-order valence-corrected chi connectivity index (χ0v) is 12.3. The van der Waals surface area contributed by atoms with Gasteiger partial charge in [-0.05, 0) is 42.2 Å². The number of nitrogens with two attached hydrogens (primary N) is 1. The number of halogens is 1. The minimum Gasteiger partial charge on any atom is -0.385 e. The zero-order chi connectivity index (χ0) is 14.9. The highest BCUT2D eigenvalue weighted by atomic mass is 35.5. The molecule has 21 heavy (non-hydrogen) atoms. The van der Waals surface area contributed by atoms with Crippen LogP contribution in [0.2, 0.25) is 5.02 Å². The Morgan fingerprint density at radius 1 is 1.19 bits per heavy atom. The molecule has 2 atom stereocenters. The summed E-state index contributed by atoms with van der Waals surface area (Å²) in [6, 6.07) is 17.4. The number of rotatable bonds is 5. The molecule has 108 valence electrons. The molecule has 3 N–H and O–H groups in total. The lowest BCUT2D eigenvalue weighted by atomic mass is 9.92. The van der Waals surface area contributed by atoms with Crippen LogP contribution in [0.1, 0.15) is 12.0 Å². The third-order valence-corrected chi connectivity index (χ3v) is 4.48. The lowest BCUT2D eigenvalue weighted by Gasteiger charge is -2.15. The van der Waals surface area contributed by atoms with E-state index in [0.717, 1.165) is 24.2 Å². The summed E-state index contributed by atoms with van der Waals surface area (Å²) in [5.41, 5.74) is 7.13. The molecule has 4 heteroatoms. The number of hydrogen-bond donors (Lipinski definition) is 2. The molecule has 1 fully saturated rings. The van der Waals surface area contributed by atoms with E-state index in [1.165, 1.54) is 0 Å². The first-order valence-corrected chi connectivity index (χ1v) is 7.35. The standard InChI is InChI=1S/C17H17ClN2O/c18-14-8-6-12(7-9-14)17(16(19)21)10-13(17)11-20-15-4-2-1-3-5-15/h1-9,13,20H,10-11H2,(H2,19,21). The van der Waals surface area contributed by atoms with E-state index >= 15 is 0 Å². The molecular formula is C17H17ClN2O. The molecule has 0 heterocycles. The lowest BCUT2D eigenvalue weighted by Crippen LogP contribution is -2.32. The van der Waals surface area contributed by atoms with E-state index in [-0.39, 0.29) is 11.8 Å². The molecular weight excluding hydrogens is 284 g/mol. The summed E-state index contributed by atoms with van der Waals surface area (Å²) in [4.78, 5) is 12.0. The van der Waals surface area contributed by atoms with Crippen LogP contribution in [-0.2, 0) is 10.2 Å². The average molecular weight is 301 g/mol. The van der Waals surface area contributed by atoms with E-state index < -0.39 is 5.41 Å². The summed E-state index contributed by atoms with van der Waals surface area (Å²) in [6.07, 6.45) is 0.782. The first-order valence-electron chi connectivity index (χ1n) is 6.98. The van der Waals surface area contributed by atoms with Gasteiger partial charge in [0.25, 0.3) is 0 Å². The number of carbonyl (C=O) groups excluding carboxylic acids is 1. The van der Waals surface area contributed by atoms with Gasteiger partial charge >= 0.3 is 0 Å². The molecule has 2 aromatic rings. The normalized spacial score (nSPS) is 23.6. The Hall–Kier alpha value is -2.00. The second-order valence-corrected chi connectivity index (χ2v) is 5.93. The van der Waals surface area contributed by atoms with Crippen LogP contribution in [0.25, 0.3) is 0 Å². The van der Waals surface area contributed by atoms with Gasteiger partial charge in [0.1, 0.15) is 0 Å². The fraction of sp³-hybridized carbons (Fsp3) is 0.235. The highest BCUT2D eigenvalue weighted by Crippen LogP contribution is 2.54. The van der Waals surface area contributed by atoms with E-state index in [1.807, 2.05) is 54.6 Å². The lowest BCUT2D eigenvalue weighted by molar-refractivity contribution is -0.120. The molecule has 1 saturated carbocycles. The maximum absolute atomic E-state index is 12.0. The van der Waals surface area contributed by atoms with Crippen LogP contribution in [0.3, 0.4) is 0 Å². The number of amides is 1. The molecule has 2 unspecified atom stereocenters. The summed E-state index contributed by atoms with van der Waals surface area (Å²) in [7, 11) is 0. The van der Waals surface area contributed by atoms with Gasteiger partial charge < -0.3 is 11.1 Å². The van der Waals surface area contributed by atoms with Crippen LogP contribution in [0, 0.1) is 5.92 Å². The fourth-order valence-corrected chi connectivity index (χ4v) is 3.04. The third kappa shape index (κ3) is 2.61. The van der Waals surface area contributed by atoms with Gasteiger partial charge in [-0.1, -0.05) is 41.9 Å². The van der Waals surface area contributed by atoms with Crippen molar-refractivity contribution in [3.05, 3.63) is 65.2 Å². The quantitative estimate of drug-likeness (QED) is 0.891. The van der Waals surface area contributed by atoms with Gasteiger partial charge in [0.15, 0.2) is 0 Å². The monoisotopic (exact) mass is 300 g/mol. The van der Waals surface area contributed by atoms with Crippen molar-refractivity contribution < 1.29 is 4.79 Å². The number of benzene rings is 2. The van der Waals surface area contributed by atoms with Crippen LogP contribution in [0.5, 0.6) is 0 Å². The van der Waals surface area contributed by atoms with Crippen molar-refractivity contribution in [1.29, 1.82) is 0 Å². The Morgan fingerprint density at radius 2 is 1.86 bits per heavy atom. The van der Waals surface area contributed by atoms with Gasteiger partial charge in [0.2, 0.25) is 5.91 Å². The molecule has 0 radical (unpaired) electrons.